The summed E-state index contributed by atoms with van der Waals surface area (Å²) < 4.78 is 0. The average Bonchev–Trinajstić information content (AvgIpc) is 2.97. The van der Waals surface area contributed by atoms with Crippen LogP contribution in [0.4, 0.5) is 5.69 Å². The van der Waals surface area contributed by atoms with Crippen LogP contribution in [0.5, 0.6) is 0 Å². The van der Waals surface area contributed by atoms with Crippen molar-refractivity contribution in [2.24, 2.45) is 0 Å². The minimum Gasteiger partial charge on any atom is -0.392 e. The molecule has 2 aliphatic rings. The number of nitrogens with zero attached hydrogens (tertiary/aromatic N) is 3. The number of rotatable bonds is 5. The first-order valence-electron chi connectivity index (χ1n) is 8.64. The third-order valence-corrected chi connectivity index (χ3v) is 4.82. The third kappa shape index (κ3) is 4.10. The van der Waals surface area contributed by atoms with Crippen molar-refractivity contribution in [2.75, 3.05) is 50.7 Å². The maximum atomic E-state index is 12.5. The van der Waals surface area contributed by atoms with Crippen LogP contribution >= 0.6 is 0 Å². The molecule has 1 aromatic carbocycles. The Labute approximate surface area is 138 Å². The lowest BCUT2D eigenvalue weighted by Gasteiger charge is -2.35. The second kappa shape index (κ2) is 7.43. The fourth-order valence-electron chi connectivity index (χ4n) is 3.56. The summed E-state index contributed by atoms with van der Waals surface area (Å²) >= 11 is 0. The van der Waals surface area contributed by atoms with E-state index >= 15 is 0 Å². The van der Waals surface area contributed by atoms with Crippen molar-refractivity contribution >= 4 is 11.6 Å². The van der Waals surface area contributed by atoms with Crippen LogP contribution in [0.1, 0.15) is 18.9 Å². The van der Waals surface area contributed by atoms with Crippen molar-refractivity contribution < 1.29 is 9.90 Å². The van der Waals surface area contributed by atoms with E-state index in [4.69, 9.17) is 0 Å². The number of hydrogen-bond acceptors (Lipinski definition) is 4. The van der Waals surface area contributed by atoms with E-state index in [0.717, 1.165) is 57.9 Å². The predicted molar refractivity (Wildman–Crippen MR) is 91.7 cm³/mol. The molecule has 0 radical (unpaired) electrons. The van der Waals surface area contributed by atoms with E-state index in [1.54, 1.807) is 0 Å². The number of carbonyl (C=O) groups excluding carboxylic acids is 1. The molecule has 0 aliphatic carbocycles. The van der Waals surface area contributed by atoms with Gasteiger partial charge in [-0.1, -0.05) is 18.2 Å². The number of β-amino-alcohol motifs (C(OH)–C–C–N with tert-alkyl or cyclic N) is 1. The molecule has 0 spiro atoms. The van der Waals surface area contributed by atoms with Gasteiger partial charge in [-0.25, -0.2) is 0 Å². The molecule has 5 nitrogen and oxygen atoms in total. The molecule has 1 saturated heterocycles. The van der Waals surface area contributed by atoms with Crippen LogP contribution in [0.3, 0.4) is 0 Å². The Hall–Kier alpha value is -1.43. The highest BCUT2D eigenvalue weighted by Crippen LogP contribution is 2.27. The fraction of sp³-hybridized carbons (Fsp3) is 0.611. The van der Waals surface area contributed by atoms with Gasteiger partial charge in [-0.3, -0.25) is 9.69 Å². The van der Waals surface area contributed by atoms with Gasteiger partial charge in [0.25, 0.3) is 0 Å². The zero-order chi connectivity index (χ0) is 16.2. The molecule has 2 heterocycles. The quantitative estimate of drug-likeness (QED) is 0.879. The minimum atomic E-state index is -0.265. The standard InChI is InChI=1S/C18H27N3O2/c1-15(22)14-20-12-10-19(11-13-20)8-7-18(23)21-9-6-16-4-2-3-5-17(16)21/h2-5,15,22H,6-14H2,1H3/t15-/m0/s1. The molecule has 0 bridgehead atoms. The Balaban J connectivity index is 1.44. The monoisotopic (exact) mass is 317 g/mol. The van der Waals surface area contributed by atoms with Crippen molar-refractivity contribution in [1.82, 2.24) is 9.80 Å². The molecule has 1 atom stereocenters. The molecular weight excluding hydrogens is 290 g/mol. The van der Waals surface area contributed by atoms with Gasteiger partial charge in [0.2, 0.25) is 5.91 Å². The van der Waals surface area contributed by atoms with E-state index in [1.165, 1.54) is 5.56 Å². The van der Waals surface area contributed by atoms with Gasteiger partial charge in [-0.2, -0.15) is 0 Å². The zero-order valence-electron chi connectivity index (χ0n) is 13.9. The number of para-hydroxylation sites is 1. The Kier molecular flexibility index (Phi) is 5.30. The van der Waals surface area contributed by atoms with Crippen molar-refractivity contribution in [3.8, 4) is 0 Å². The van der Waals surface area contributed by atoms with E-state index < -0.39 is 0 Å². The van der Waals surface area contributed by atoms with E-state index in [9.17, 15) is 9.90 Å². The fourth-order valence-corrected chi connectivity index (χ4v) is 3.56. The molecule has 23 heavy (non-hydrogen) atoms. The summed E-state index contributed by atoms with van der Waals surface area (Å²) in [4.78, 5) is 19.1. The lowest BCUT2D eigenvalue weighted by molar-refractivity contribution is -0.118. The first kappa shape index (κ1) is 16.4. The van der Waals surface area contributed by atoms with Gasteiger partial charge >= 0.3 is 0 Å². The number of benzene rings is 1. The molecule has 2 aliphatic heterocycles. The number of anilines is 1. The summed E-state index contributed by atoms with van der Waals surface area (Å²) in [6.07, 6.45) is 1.29. The topological polar surface area (TPSA) is 47.0 Å². The summed E-state index contributed by atoms with van der Waals surface area (Å²) in [5.41, 5.74) is 2.38. The molecule has 1 aromatic rings. The normalized spacial score (nSPS) is 20.5. The third-order valence-electron chi connectivity index (χ3n) is 4.82. The van der Waals surface area contributed by atoms with E-state index in [-0.39, 0.29) is 12.0 Å². The molecule has 1 amide bonds. The SMILES string of the molecule is C[C@H](O)CN1CCN(CCC(=O)N2CCc3ccccc32)CC1. The second-order valence-corrected chi connectivity index (χ2v) is 6.67. The number of piperazine rings is 1. The first-order chi connectivity index (χ1) is 11.1. The van der Waals surface area contributed by atoms with Gasteiger partial charge in [0.15, 0.2) is 0 Å². The van der Waals surface area contributed by atoms with E-state index in [2.05, 4.69) is 21.9 Å². The Morgan fingerprint density at radius 2 is 1.83 bits per heavy atom. The van der Waals surface area contributed by atoms with Crippen LogP contribution < -0.4 is 4.90 Å². The second-order valence-electron chi connectivity index (χ2n) is 6.67. The van der Waals surface area contributed by atoms with Crippen LogP contribution in [0.15, 0.2) is 24.3 Å². The van der Waals surface area contributed by atoms with Gasteiger partial charge in [0, 0.05) is 57.9 Å². The first-order valence-corrected chi connectivity index (χ1v) is 8.64. The van der Waals surface area contributed by atoms with Crippen LogP contribution in [0.2, 0.25) is 0 Å². The number of fused-ring (bicyclic) bond motifs is 1. The van der Waals surface area contributed by atoms with Crippen molar-refractivity contribution in [3.63, 3.8) is 0 Å². The summed E-state index contributed by atoms with van der Waals surface area (Å²) in [6, 6.07) is 8.21. The number of hydrogen-bond donors (Lipinski definition) is 1. The minimum absolute atomic E-state index is 0.237. The van der Waals surface area contributed by atoms with Gasteiger partial charge in [-0.05, 0) is 25.0 Å². The lowest BCUT2D eigenvalue weighted by atomic mass is 10.2. The molecule has 1 fully saturated rings. The Morgan fingerprint density at radius 1 is 1.13 bits per heavy atom. The molecular formula is C18H27N3O2. The largest absolute Gasteiger partial charge is 0.392 e. The summed E-state index contributed by atoms with van der Waals surface area (Å²) in [5, 5.41) is 9.44. The molecule has 1 N–H and O–H groups in total. The number of aliphatic hydroxyl groups is 1. The maximum Gasteiger partial charge on any atom is 0.228 e. The Morgan fingerprint density at radius 3 is 2.57 bits per heavy atom. The maximum absolute atomic E-state index is 12.5. The molecule has 5 heteroatoms. The number of amides is 1. The zero-order valence-corrected chi connectivity index (χ0v) is 13.9. The van der Waals surface area contributed by atoms with Crippen LogP contribution in [-0.4, -0.2) is 72.7 Å². The molecule has 126 valence electrons. The molecule has 3 rings (SSSR count). The number of carbonyl (C=O) groups is 1. The smallest absolute Gasteiger partial charge is 0.228 e. The number of aliphatic hydroxyl groups excluding tert-OH is 1. The lowest BCUT2D eigenvalue weighted by Crippen LogP contribution is -2.48. The van der Waals surface area contributed by atoms with Crippen LogP contribution in [0, 0.1) is 0 Å². The van der Waals surface area contributed by atoms with Gasteiger partial charge in [0.1, 0.15) is 0 Å². The van der Waals surface area contributed by atoms with Crippen molar-refractivity contribution in [1.29, 1.82) is 0 Å². The molecule has 0 saturated carbocycles. The van der Waals surface area contributed by atoms with Gasteiger partial charge in [0.05, 0.1) is 6.10 Å². The highest BCUT2D eigenvalue weighted by Gasteiger charge is 2.25. The van der Waals surface area contributed by atoms with Crippen LogP contribution in [-0.2, 0) is 11.2 Å². The molecule has 0 unspecified atom stereocenters. The highest BCUT2D eigenvalue weighted by atomic mass is 16.3. The van der Waals surface area contributed by atoms with E-state index in [0.29, 0.717) is 6.42 Å². The predicted octanol–water partition coefficient (Wildman–Crippen LogP) is 0.964. The Bertz CT molecular complexity index is 539. The average molecular weight is 317 g/mol. The van der Waals surface area contributed by atoms with Gasteiger partial charge in [-0.15, -0.1) is 0 Å². The van der Waals surface area contributed by atoms with Crippen LogP contribution in [0.25, 0.3) is 0 Å². The summed E-state index contributed by atoms with van der Waals surface area (Å²) in [6.45, 7) is 8.15. The summed E-state index contributed by atoms with van der Waals surface area (Å²) in [7, 11) is 0. The van der Waals surface area contributed by atoms with E-state index in [1.807, 2.05) is 24.0 Å². The summed E-state index contributed by atoms with van der Waals surface area (Å²) in [5.74, 6) is 0.237. The van der Waals surface area contributed by atoms with Crippen molar-refractivity contribution in [2.45, 2.75) is 25.9 Å². The van der Waals surface area contributed by atoms with Gasteiger partial charge < -0.3 is 14.9 Å². The molecule has 0 aromatic heterocycles. The highest BCUT2D eigenvalue weighted by molar-refractivity contribution is 5.95. The van der Waals surface area contributed by atoms with Crippen molar-refractivity contribution in [3.05, 3.63) is 29.8 Å².